The second-order valence-electron chi connectivity index (χ2n) is 5.17. The molecule has 2 aromatic carbocycles. The number of ether oxygens (including phenoxy) is 2. The van der Waals surface area contributed by atoms with Crippen molar-refractivity contribution in [3.63, 3.8) is 0 Å². The van der Waals surface area contributed by atoms with Crippen LogP contribution in [-0.2, 0) is 0 Å². The highest BCUT2D eigenvalue weighted by Gasteiger charge is 2.15. The molecule has 2 heterocycles. The maximum atomic E-state index is 5.40. The van der Waals surface area contributed by atoms with Gasteiger partial charge < -0.3 is 9.47 Å². The number of nitrogens with zero attached hydrogens (tertiary/aromatic N) is 1. The van der Waals surface area contributed by atoms with Gasteiger partial charge in [0.2, 0.25) is 0 Å². The van der Waals surface area contributed by atoms with Crippen LogP contribution < -0.4 is 9.47 Å². The summed E-state index contributed by atoms with van der Waals surface area (Å²) < 4.78 is 13.2. The van der Waals surface area contributed by atoms with Crippen LogP contribution in [0.1, 0.15) is 0 Å². The lowest BCUT2D eigenvalue weighted by Crippen LogP contribution is -1.87. The van der Waals surface area contributed by atoms with Crippen LogP contribution in [0.15, 0.2) is 41.4 Å². The number of pyridine rings is 1. The van der Waals surface area contributed by atoms with Crippen LogP contribution in [-0.4, -0.2) is 25.5 Å². The largest absolute Gasteiger partial charge is 0.497 e. The van der Waals surface area contributed by atoms with Gasteiger partial charge >= 0.3 is 0 Å². The first-order valence-corrected chi connectivity index (χ1v) is 9.21. The maximum absolute atomic E-state index is 5.40. The van der Waals surface area contributed by atoms with E-state index in [2.05, 4.69) is 24.5 Å². The summed E-state index contributed by atoms with van der Waals surface area (Å²) in [6.07, 6.45) is 2.07. The maximum Gasteiger partial charge on any atom is 0.120 e. The Morgan fingerprint density at radius 2 is 1.70 bits per heavy atom. The number of thiophene rings is 1. The Balaban J connectivity index is 2.21. The Hall–Kier alpha value is -1.98. The average molecular weight is 341 g/mol. The highest BCUT2D eigenvalue weighted by molar-refractivity contribution is 7.98. The highest BCUT2D eigenvalue weighted by atomic mass is 32.2. The normalized spacial score (nSPS) is 11.4. The van der Waals surface area contributed by atoms with Gasteiger partial charge in [-0.15, -0.1) is 23.1 Å². The van der Waals surface area contributed by atoms with Crippen LogP contribution in [0.25, 0.3) is 31.1 Å². The molecule has 0 saturated carbocycles. The zero-order valence-electron chi connectivity index (χ0n) is 13.0. The molecular formula is C18H15NO2S2. The van der Waals surface area contributed by atoms with Crippen molar-refractivity contribution in [1.82, 2.24) is 4.98 Å². The number of methoxy groups -OCH3 is 2. The molecule has 3 nitrogen and oxygen atoms in total. The molecule has 4 aromatic rings. The number of hydrogen-bond acceptors (Lipinski definition) is 5. The van der Waals surface area contributed by atoms with Gasteiger partial charge in [0.25, 0.3) is 0 Å². The van der Waals surface area contributed by atoms with Crippen molar-refractivity contribution in [2.75, 3.05) is 20.5 Å². The number of benzene rings is 2. The van der Waals surface area contributed by atoms with Crippen molar-refractivity contribution in [1.29, 1.82) is 0 Å². The second kappa shape index (κ2) is 5.58. The molecule has 5 heteroatoms. The minimum absolute atomic E-state index is 0.852. The van der Waals surface area contributed by atoms with Crippen LogP contribution in [0, 0.1) is 0 Å². The molecule has 0 atom stereocenters. The van der Waals surface area contributed by atoms with E-state index < -0.39 is 0 Å². The van der Waals surface area contributed by atoms with Gasteiger partial charge in [0.15, 0.2) is 0 Å². The third-order valence-electron chi connectivity index (χ3n) is 3.98. The minimum Gasteiger partial charge on any atom is -0.497 e. The number of thioether (sulfide) groups is 1. The zero-order chi connectivity index (χ0) is 16.0. The van der Waals surface area contributed by atoms with Gasteiger partial charge in [0.1, 0.15) is 16.5 Å². The Kier molecular flexibility index (Phi) is 3.54. The molecule has 2 aromatic heterocycles. The smallest absolute Gasteiger partial charge is 0.120 e. The predicted molar refractivity (Wildman–Crippen MR) is 99.5 cm³/mol. The van der Waals surface area contributed by atoms with Gasteiger partial charge in [-0.05, 0) is 42.7 Å². The minimum atomic E-state index is 0.852. The summed E-state index contributed by atoms with van der Waals surface area (Å²) in [5.74, 6) is 1.73. The lowest BCUT2D eigenvalue weighted by Gasteiger charge is -2.06. The van der Waals surface area contributed by atoms with Gasteiger partial charge in [-0.2, -0.15) is 0 Å². The fraction of sp³-hybridized carbons (Fsp3) is 0.167. The number of fused-ring (bicyclic) bond motifs is 5. The first-order valence-electron chi connectivity index (χ1n) is 7.17. The molecule has 4 rings (SSSR count). The van der Waals surface area contributed by atoms with E-state index in [9.17, 15) is 0 Å². The van der Waals surface area contributed by atoms with Crippen LogP contribution in [0.5, 0.6) is 11.5 Å². The Morgan fingerprint density at radius 3 is 2.43 bits per heavy atom. The summed E-state index contributed by atoms with van der Waals surface area (Å²) in [7, 11) is 3.39. The Labute approximate surface area is 142 Å². The molecular weight excluding hydrogens is 326 g/mol. The molecule has 0 amide bonds. The molecule has 0 spiro atoms. The zero-order valence-corrected chi connectivity index (χ0v) is 14.7. The van der Waals surface area contributed by atoms with Crippen LogP contribution >= 0.6 is 23.1 Å². The van der Waals surface area contributed by atoms with Crippen LogP contribution in [0.4, 0.5) is 0 Å². The summed E-state index contributed by atoms with van der Waals surface area (Å²) in [4.78, 5) is 4.82. The van der Waals surface area contributed by atoms with Gasteiger partial charge in [-0.25, -0.2) is 4.98 Å². The SMILES string of the molecule is COc1ccc2c(c1)sc1c(SC)nc3ccc(OC)cc3c12. The molecule has 0 N–H and O–H groups in total. The van der Waals surface area contributed by atoms with E-state index in [1.54, 1.807) is 37.3 Å². The standard InChI is InChI=1S/C18H15NO2S2/c1-20-10-5-7-14-13(8-10)16-12-6-4-11(21-2)9-15(12)23-17(16)18(19-14)22-3/h4-9H,1-3H3. The van der Waals surface area contributed by atoms with Gasteiger partial charge in [0.05, 0.1) is 24.4 Å². The van der Waals surface area contributed by atoms with Gasteiger partial charge in [0, 0.05) is 20.9 Å². The van der Waals surface area contributed by atoms with Crippen LogP contribution in [0.2, 0.25) is 0 Å². The molecule has 0 unspecified atom stereocenters. The third-order valence-corrected chi connectivity index (χ3v) is 5.95. The fourth-order valence-electron chi connectivity index (χ4n) is 2.86. The quantitative estimate of drug-likeness (QED) is 0.471. The van der Waals surface area contributed by atoms with E-state index >= 15 is 0 Å². The molecule has 0 bridgehead atoms. The van der Waals surface area contributed by atoms with E-state index in [-0.39, 0.29) is 0 Å². The fourth-order valence-corrected chi connectivity index (χ4v) is 4.84. The Morgan fingerprint density at radius 1 is 0.957 bits per heavy atom. The van der Waals surface area contributed by atoms with Gasteiger partial charge in [-0.1, -0.05) is 0 Å². The van der Waals surface area contributed by atoms with Crippen LogP contribution in [0.3, 0.4) is 0 Å². The topological polar surface area (TPSA) is 31.4 Å². The highest BCUT2D eigenvalue weighted by Crippen LogP contribution is 2.43. The van der Waals surface area contributed by atoms with Crippen molar-refractivity contribution >= 4 is 54.2 Å². The van der Waals surface area contributed by atoms with E-state index in [0.29, 0.717) is 0 Å². The summed E-state index contributed by atoms with van der Waals surface area (Å²) in [6.45, 7) is 0. The predicted octanol–water partition coefficient (Wildman–Crippen LogP) is 5.34. The lowest BCUT2D eigenvalue weighted by atomic mass is 10.1. The van der Waals surface area contributed by atoms with Crippen molar-refractivity contribution in [2.45, 2.75) is 5.03 Å². The molecule has 0 saturated heterocycles. The third kappa shape index (κ3) is 2.23. The molecule has 0 aliphatic heterocycles. The van der Waals surface area contributed by atoms with Crippen molar-refractivity contribution in [2.24, 2.45) is 0 Å². The monoisotopic (exact) mass is 341 g/mol. The number of rotatable bonds is 3. The van der Waals surface area contributed by atoms with E-state index in [4.69, 9.17) is 14.5 Å². The summed E-state index contributed by atoms with van der Waals surface area (Å²) in [6, 6.07) is 12.3. The van der Waals surface area contributed by atoms with Crippen molar-refractivity contribution in [3.8, 4) is 11.5 Å². The summed E-state index contributed by atoms with van der Waals surface area (Å²) in [5, 5.41) is 4.69. The van der Waals surface area contributed by atoms with Crippen molar-refractivity contribution < 1.29 is 9.47 Å². The summed E-state index contributed by atoms with van der Waals surface area (Å²) in [5.41, 5.74) is 0.998. The lowest BCUT2D eigenvalue weighted by molar-refractivity contribution is 0.415. The number of aromatic nitrogens is 1. The first-order chi connectivity index (χ1) is 11.2. The first kappa shape index (κ1) is 14.6. The molecule has 0 aliphatic rings. The summed E-state index contributed by atoms with van der Waals surface area (Å²) >= 11 is 3.45. The molecule has 0 aliphatic carbocycles. The van der Waals surface area contributed by atoms with Crippen molar-refractivity contribution in [3.05, 3.63) is 36.4 Å². The average Bonchev–Trinajstić information content (AvgIpc) is 2.99. The molecule has 116 valence electrons. The number of hydrogen-bond donors (Lipinski definition) is 0. The van der Waals surface area contributed by atoms with E-state index in [1.807, 2.05) is 18.2 Å². The van der Waals surface area contributed by atoms with Gasteiger partial charge in [-0.3, -0.25) is 0 Å². The van der Waals surface area contributed by atoms with E-state index in [0.717, 1.165) is 27.4 Å². The molecule has 23 heavy (non-hydrogen) atoms. The molecule has 0 fully saturated rings. The van der Waals surface area contributed by atoms with E-state index in [1.165, 1.54) is 20.2 Å². The second-order valence-corrected chi connectivity index (χ2v) is 7.02. The molecule has 0 radical (unpaired) electrons. The Bertz CT molecular complexity index is 1040.